The van der Waals surface area contributed by atoms with E-state index in [9.17, 15) is 14.9 Å². The molecule has 0 aliphatic rings. The minimum absolute atomic E-state index is 0.0449. The summed E-state index contributed by atoms with van der Waals surface area (Å²) >= 11 is 0. The SMILES string of the molecule is CC(C)(C)OC(=O)Nc1ccc(N)cc1[N+](=O)[O-]. The number of carbonyl (C=O) groups excluding carboxylic acids is 1. The quantitative estimate of drug-likeness (QED) is 0.478. The van der Waals surface area contributed by atoms with Gasteiger partial charge in [-0.05, 0) is 32.9 Å². The zero-order valence-electron chi connectivity index (χ0n) is 10.4. The molecule has 0 saturated carbocycles. The minimum Gasteiger partial charge on any atom is -0.444 e. The van der Waals surface area contributed by atoms with Gasteiger partial charge in [-0.2, -0.15) is 0 Å². The van der Waals surface area contributed by atoms with Gasteiger partial charge < -0.3 is 10.5 Å². The van der Waals surface area contributed by atoms with E-state index in [-0.39, 0.29) is 17.1 Å². The first kappa shape index (κ1) is 13.8. The fourth-order valence-electron chi connectivity index (χ4n) is 1.22. The van der Waals surface area contributed by atoms with E-state index in [0.717, 1.165) is 0 Å². The number of nitro groups is 1. The molecule has 7 heteroatoms. The number of nitro benzene ring substituents is 1. The van der Waals surface area contributed by atoms with Gasteiger partial charge in [0, 0.05) is 11.8 Å². The van der Waals surface area contributed by atoms with Crippen LogP contribution >= 0.6 is 0 Å². The maximum atomic E-state index is 11.5. The molecule has 0 aromatic heterocycles. The van der Waals surface area contributed by atoms with Gasteiger partial charge in [0.2, 0.25) is 0 Å². The van der Waals surface area contributed by atoms with Crippen LogP contribution in [0.3, 0.4) is 0 Å². The molecule has 1 aromatic rings. The number of hydrogen-bond donors (Lipinski definition) is 2. The molecule has 0 aliphatic carbocycles. The molecular formula is C11H15N3O4. The highest BCUT2D eigenvalue weighted by Crippen LogP contribution is 2.27. The lowest BCUT2D eigenvalue weighted by atomic mass is 10.2. The summed E-state index contributed by atoms with van der Waals surface area (Å²) in [6, 6.07) is 3.99. The molecule has 1 rings (SSSR count). The van der Waals surface area contributed by atoms with Crippen LogP contribution in [0.4, 0.5) is 21.9 Å². The van der Waals surface area contributed by atoms with E-state index in [1.54, 1.807) is 20.8 Å². The smallest absolute Gasteiger partial charge is 0.412 e. The van der Waals surface area contributed by atoms with Crippen LogP contribution in [0.1, 0.15) is 20.8 Å². The van der Waals surface area contributed by atoms with Gasteiger partial charge in [-0.3, -0.25) is 15.4 Å². The van der Waals surface area contributed by atoms with Crippen molar-refractivity contribution in [3.8, 4) is 0 Å². The number of rotatable bonds is 2. The first-order valence-corrected chi connectivity index (χ1v) is 5.23. The maximum absolute atomic E-state index is 11.5. The summed E-state index contributed by atoms with van der Waals surface area (Å²) in [6.45, 7) is 5.10. The molecule has 0 fully saturated rings. The van der Waals surface area contributed by atoms with Crippen LogP contribution in [0.15, 0.2) is 18.2 Å². The molecule has 1 amide bonds. The van der Waals surface area contributed by atoms with Gasteiger partial charge >= 0.3 is 6.09 Å². The van der Waals surface area contributed by atoms with Crippen LogP contribution in [0.5, 0.6) is 0 Å². The van der Waals surface area contributed by atoms with E-state index in [4.69, 9.17) is 10.5 Å². The molecule has 0 bridgehead atoms. The van der Waals surface area contributed by atoms with Crippen molar-refractivity contribution in [2.75, 3.05) is 11.1 Å². The van der Waals surface area contributed by atoms with Crippen molar-refractivity contribution < 1.29 is 14.5 Å². The van der Waals surface area contributed by atoms with Crippen molar-refractivity contribution in [1.82, 2.24) is 0 Å². The van der Waals surface area contributed by atoms with Gasteiger partial charge in [-0.1, -0.05) is 0 Å². The van der Waals surface area contributed by atoms with Gasteiger partial charge in [0.15, 0.2) is 0 Å². The molecule has 0 spiro atoms. The number of nitrogens with one attached hydrogen (secondary N) is 1. The molecule has 7 nitrogen and oxygen atoms in total. The van der Waals surface area contributed by atoms with Gasteiger partial charge in [0.05, 0.1) is 4.92 Å². The van der Waals surface area contributed by atoms with Crippen LogP contribution in [-0.4, -0.2) is 16.6 Å². The Morgan fingerprint density at radius 2 is 2.06 bits per heavy atom. The number of amides is 1. The average molecular weight is 253 g/mol. The van der Waals surface area contributed by atoms with E-state index < -0.39 is 16.6 Å². The predicted molar refractivity (Wildman–Crippen MR) is 67.4 cm³/mol. The molecule has 1 aromatic carbocycles. The second-order valence-corrected chi connectivity index (χ2v) is 4.66. The summed E-state index contributed by atoms with van der Waals surface area (Å²) in [4.78, 5) is 21.7. The number of anilines is 2. The van der Waals surface area contributed by atoms with E-state index in [1.807, 2.05) is 0 Å². The molecule has 0 atom stereocenters. The summed E-state index contributed by atoms with van der Waals surface area (Å²) < 4.78 is 5.00. The lowest BCUT2D eigenvalue weighted by Crippen LogP contribution is -2.27. The standard InChI is InChI=1S/C11H15N3O4/c1-11(2,3)18-10(15)13-8-5-4-7(12)6-9(8)14(16)17/h4-6H,12H2,1-3H3,(H,13,15). The Morgan fingerprint density at radius 1 is 1.44 bits per heavy atom. The summed E-state index contributed by atoms with van der Waals surface area (Å²) in [5.41, 5.74) is 4.79. The zero-order chi connectivity index (χ0) is 13.9. The number of nitrogens with zero attached hydrogens (tertiary/aromatic N) is 1. The molecule has 0 saturated heterocycles. The number of hydrogen-bond acceptors (Lipinski definition) is 5. The lowest BCUT2D eigenvalue weighted by molar-refractivity contribution is -0.383. The van der Waals surface area contributed by atoms with Crippen LogP contribution < -0.4 is 11.1 Å². The zero-order valence-corrected chi connectivity index (χ0v) is 10.4. The van der Waals surface area contributed by atoms with Crippen LogP contribution in [0.2, 0.25) is 0 Å². The van der Waals surface area contributed by atoms with Gasteiger partial charge in [-0.15, -0.1) is 0 Å². The summed E-state index contributed by atoms with van der Waals surface area (Å²) in [7, 11) is 0. The van der Waals surface area contributed by atoms with E-state index in [1.165, 1.54) is 18.2 Å². The largest absolute Gasteiger partial charge is 0.444 e. The Balaban J connectivity index is 2.91. The first-order chi connectivity index (χ1) is 8.19. The third-order valence-corrected chi connectivity index (χ3v) is 1.85. The van der Waals surface area contributed by atoms with Crippen LogP contribution in [0.25, 0.3) is 0 Å². The van der Waals surface area contributed by atoms with Crippen molar-refractivity contribution in [2.45, 2.75) is 26.4 Å². The Hall–Kier alpha value is -2.31. The lowest BCUT2D eigenvalue weighted by Gasteiger charge is -2.19. The molecule has 0 unspecified atom stereocenters. The van der Waals surface area contributed by atoms with Crippen molar-refractivity contribution in [1.29, 1.82) is 0 Å². The highest BCUT2D eigenvalue weighted by atomic mass is 16.6. The topological polar surface area (TPSA) is 107 Å². The Labute approximate surface area is 104 Å². The molecule has 98 valence electrons. The van der Waals surface area contributed by atoms with E-state index in [2.05, 4.69) is 5.32 Å². The van der Waals surface area contributed by atoms with Gasteiger partial charge in [0.25, 0.3) is 5.69 Å². The third-order valence-electron chi connectivity index (χ3n) is 1.85. The second kappa shape index (κ2) is 4.91. The third kappa shape index (κ3) is 3.93. The van der Waals surface area contributed by atoms with Crippen molar-refractivity contribution in [3.63, 3.8) is 0 Å². The molecular weight excluding hydrogens is 238 g/mol. The fraction of sp³-hybridized carbons (Fsp3) is 0.364. The monoisotopic (exact) mass is 253 g/mol. The summed E-state index contributed by atoms with van der Waals surface area (Å²) in [6.07, 6.45) is -0.754. The number of nitrogen functional groups attached to an aromatic ring is 1. The van der Waals surface area contributed by atoms with Gasteiger partial charge in [-0.25, -0.2) is 4.79 Å². The number of nitrogens with two attached hydrogens (primary N) is 1. The molecule has 3 N–H and O–H groups in total. The van der Waals surface area contributed by atoms with Gasteiger partial charge in [0.1, 0.15) is 11.3 Å². The molecule has 0 aliphatic heterocycles. The van der Waals surface area contributed by atoms with Crippen molar-refractivity contribution >= 4 is 23.2 Å². The van der Waals surface area contributed by atoms with Crippen LogP contribution in [-0.2, 0) is 4.74 Å². The first-order valence-electron chi connectivity index (χ1n) is 5.23. The average Bonchev–Trinajstić information content (AvgIpc) is 2.17. The minimum atomic E-state index is -0.754. The predicted octanol–water partition coefficient (Wildman–Crippen LogP) is 2.52. The Morgan fingerprint density at radius 3 is 2.56 bits per heavy atom. The van der Waals surface area contributed by atoms with Crippen molar-refractivity contribution in [3.05, 3.63) is 28.3 Å². The maximum Gasteiger partial charge on any atom is 0.412 e. The van der Waals surface area contributed by atoms with E-state index >= 15 is 0 Å². The molecule has 0 radical (unpaired) electrons. The van der Waals surface area contributed by atoms with E-state index in [0.29, 0.717) is 0 Å². The van der Waals surface area contributed by atoms with Crippen LogP contribution in [0, 0.1) is 10.1 Å². The highest BCUT2D eigenvalue weighted by molar-refractivity contribution is 5.88. The Bertz CT molecular complexity index is 480. The molecule has 18 heavy (non-hydrogen) atoms. The summed E-state index contributed by atoms with van der Waals surface area (Å²) in [5, 5.41) is 13.1. The number of ether oxygens (including phenoxy) is 1. The Kier molecular flexibility index (Phi) is 3.75. The number of carbonyl (C=O) groups is 1. The summed E-state index contributed by atoms with van der Waals surface area (Å²) in [5.74, 6) is 0. The highest BCUT2D eigenvalue weighted by Gasteiger charge is 2.20. The normalized spacial score (nSPS) is 10.8. The fourth-order valence-corrected chi connectivity index (χ4v) is 1.22. The molecule has 0 heterocycles. The van der Waals surface area contributed by atoms with Crippen molar-refractivity contribution in [2.24, 2.45) is 0 Å². The number of benzene rings is 1. The second-order valence-electron chi connectivity index (χ2n) is 4.66.